The van der Waals surface area contributed by atoms with Gasteiger partial charge in [-0.05, 0) is 24.3 Å². The van der Waals surface area contributed by atoms with Gasteiger partial charge in [0.25, 0.3) is 5.91 Å². The van der Waals surface area contributed by atoms with Crippen molar-refractivity contribution in [3.8, 4) is 0 Å². The Morgan fingerprint density at radius 1 is 0.917 bits per heavy atom. The number of nitrogens with one attached hydrogen (secondary N) is 1. The van der Waals surface area contributed by atoms with Gasteiger partial charge in [0.2, 0.25) is 5.91 Å². The Labute approximate surface area is 212 Å². The predicted molar refractivity (Wildman–Crippen MR) is 134 cm³/mol. The van der Waals surface area contributed by atoms with Crippen molar-refractivity contribution < 1.29 is 18.8 Å². The SMILES string of the molecule is O=C(Cc1csc(NC(=O)N2CCN(c3ccccn3)CC2)n1)N1CCN(C(=O)c2ccco2)CC1. The number of carbonyl (C=O) groups is 3. The summed E-state index contributed by atoms with van der Waals surface area (Å²) < 4.78 is 5.18. The highest BCUT2D eigenvalue weighted by Gasteiger charge is 2.27. The van der Waals surface area contributed by atoms with Gasteiger partial charge in [-0.3, -0.25) is 14.9 Å². The molecule has 0 aromatic carbocycles. The third-order valence-electron chi connectivity index (χ3n) is 6.29. The van der Waals surface area contributed by atoms with Crippen LogP contribution in [0, 0.1) is 0 Å². The average Bonchev–Trinajstić information content (AvgIpc) is 3.62. The molecule has 12 heteroatoms. The van der Waals surface area contributed by atoms with Gasteiger partial charge in [0.05, 0.1) is 18.4 Å². The summed E-state index contributed by atoms with van der Waals surface area (Å²) in [5, 5.41) is 5.12. The molecule has 0 spiro atoms. The van der Waals surface area contributed by atoms with Crippen LogP contribution in [0.3, 0.4) is 0 Å². The second kappa shape index (κ2) is 10.8. The van der Waals surface area contributed by atoms with Gasteiger partial charge in [0.15, 0.2) is 10.9 Å². The molecule has 0 atom stereocenters. The van der Waals surface area contributed by atoms with Crippen molar-refractivity contribution in [2.45, 2.75) is 6.42 Å². The fourth-order valence-corrected chi connectivity index (χ4v) is 4.98. The smallest absolute Gasteiger partial charge is 0.323 e. The first-order valence-electron chi connectivity index (χ1n) is 11.8. The number of furan rings is 1. The molecule has 3 aromatic rings. The zero-order chi connectivity index (χ0) is 24.9. The lowest BCUT2D eigenvalue weighted by molar-refractivity contribution is -0.132. The van der Waals surface area contributed by atoms with E-state index in [1.165, 1.54) is 17.6 Å². The number of rotatable bonds is 5. The monoisotopic (exact) mass is 509 g/mol. The number of urea groups is 1. The molecule has 2 aliphatic rings. The van der Waals surface area contributed by atoms with Crippen molar-refractivity contribution in [2.75, 3.05) is 62.6 Å². The molecule has 188 valence electrons. The molecule has 36 heavy (non-hydrogen) atoms. The first-order valence-corrected chi connectivity index (χ1v) is 12.7. The second-order valence-corrected chi connectivity index (χ2v) is 9.42. The van der Waals surface area contributed by atoms with Crippen molar-refractivity contribution >= 4 is 40.1 Å². The van der Waals surface area contributed by atoms with Crippen LogP contribution in [-0.2, 0) is 11.2 Å². The van der Waals surface area contributed by atoms with Crippen LogP contribution in [0.1, 0.15) is 16.2 Å². The Morgan fingerprint density at radius 3 is 2.36 bits per heavy atom. The number of nitrogens with zero attached hydrogens (tertiary/aromatic N) is 6. The van der Waals surface area contributed by atoms with Crippen molar-refractivity contribution in [1.29, 1.82) is 0 Å². The number of hydrogen-bond acceptors (Lipinski definition) is 8. The number of thiazole rings is 1. The summed E-state index contributed by atoms with van der Waals surface area (Å²) in [6, 6.07) is 8.93. The summed E-state index contributed by atoms with van der Waals surface area (Å²) in [4.78, 5) is 54.0. The van der Waals surface area contributed by atoms with Crippen molar-refractivity contribution in [1.82, 2.24) is 24.7 Å². The molecular weight excluding hydrogens is 482 g/mol. The van der Waals surface area contributed by atoms with Crippen LogP contribution >= 0.6 is 11.3 Å². The molecule has 0 saturated carbocycles. The first-order chi connectivity index (χ1) is 17.6. The van der Waals surface area contributed by atoms with Gasteiger partial charge < -0.3 is 24.0 Å². The Bertz CT molecular complexity index is 1180. The van der Waals surface area contributed by atoms with E-state index in [9.17, 15) is 14.4 Å². The Kier molecular flexibility index (Phi) is 7.12. The molecule has 0 bridgehead atoms. The van der Waals surface area contributed by atoms with Crippen LogP contribution in [0.25, 0.3) is 0 Å². The van der Waals surface area contributed by atoms with Crippen LogP contribution in [0.2, 0.25) is 0 Å². The highest BCUT2D eigenvalue weighted by Crippen LogP contribution is 2.19. The van der Waals surface area contributed by atoms with Crippen LogP contribution in [-0.4, -0.2) is 94.9 Å². The molecule has 4 amide bonds. The number of amides is 4. The van der Waals surface area contributed by atoms with Gasteiger partial charge in [-0.2, -0.15) is 0 Å². The van der Waals surface area contributed by atoms with Crippen LogP contribution in [0.5, 0.6) is 0 Å². The molecular formula is C24H27N7O4S. The second-order valence-electron chi connectivity index (χ2n) is 8.56. The lowest BCUT2D eigenvalue weighted by Crippen LogP contribution is -2.51. The van der Waals surface area contributed by atoms with E-state index >= 15 is 0 Å². The maximum absolute atomic E-state index is 12.8. The quantitative estimate of drug-likeness (QED) is 0.560. The fraction of sp³-hybridized carbons (Fsp3) is 0.375. The summed E-state index contributed by atoms with van der Waals surface area (Å²) in [7, 11) is 0. The van der Waals surface area contributed by atoms with Crippen molar-refractivity contribution in [3.63, 3.8) is 0 Å². The Hall–Kier alpha value is -3.93. The summed E-state index contributed by atoms with van der Waals surface area (Å²) in [6.45, 7) is 4.44. The summed E-state index contributed by atoms with van der Waals surface area (Å²) in [5.74, 6) is 1.01. The van der Waals surface area contributed by atoms with Gasteiger partial charge in [-0.15, -0.1) is 11.3 Å². The minimum absolute atomic E-state index is 0.0473. The number of piperazine rings is 2. The number of anilines is 2. The van der Waals surface area contributed by atoms with Crippen LogP contribution in [0.15, 0.2) is 52.6 Å². The van der Waals surface area contributed by atoms with Crippen molar-refractivity contribution in [3.05, 3.63) is 59.6 Å². The average molecular weight is 510 g/mol. The van der Waals surface area contributed by atoms with Gasteiger partial charge in [0, 0.05) is 63.9 Å². The molecule has 3 aromatic heterocycles. The highest BCUT2D eigenvalue weighted by molar-refractivity contribution is 7.13. The topological polar surface area (TPSA) is 115 Å². The van der Waals surface area contributed by atoms with E-state index in [-0.39, 0.29) is 24.3 Å². The summed E-state index contributed by atoms with van der Waals surface area (Å²) in [5.41, 5.74) is 0.620. The maximum Gasteiger partial charge on any atom is 0.323 e. The van der Waals surface area contributed by atoms with Crippen molar-refractivity contribution in [2.24, 2.45) is 0 Å². The normalized spacial score (nSPS) is 16.2. The molecule has 2 fully saturated rings. The summed E-state index contributed by atoms with van der Waals surface area (Å²) in [6.07, 6.45) is 3.39. The third-order valence-corrected chi connectivity index (χ3v) is 7.10. The minimum Gasteiger partial charge on any atom is -0.459 e. The lowest BCUT2D eigenvalue weighted by atomic mass is 10.2. The number of hydrogen-bond donors (Lipinski definition) is 1. The van der Waals surface area contributed by atoms with E-state index in [1.807, 2.05) is 18.2 Å². The molecule has 2 aliphatic heterocycles. The van der Waals surface area contributed by atoms with E-state index in [0.29, 0.717) is 68.9 Å². The highest BCUT2D eigenvalue weighted by atomic mass is 32.1. The molecule has 0 radical (unpaired) electrons. The Balaban J connectivity index is 1.06. The molecule has 11 nitrogen and oxygen atoms in total. The zero-order valence-electron chi connectivity index (χ0n) is 19.7. The van der Waals surface area contributed by atoms with Gasteiger partial charge in [-0.1, -0.05) is 6.07 Å². The Morgan fingerprint density at radius 2 is 1.67 bits per heavy atom. The number of pyridine rings is 1. The molecule has 0 unspecified atom stereocenters. The largest absolute Gasteiger partial charge is 0.459 e. The minimum atomic E-state index is -0.194. The van der Waals surface area contributed by atoms with E-state index in [0.717, 1.165) is 5.82 Å². The zero-order valence-corrected chi connectivity index (χ0v) is 20.5. The van der Waals surface area contributed by atoms with Gasteiger partial charge in [0.1, 0.15) is 5.82 Å². The fourth-order valence-electron chi connectivity index (χ4n) is 4.28. The molecule has 5 rings (SSSR count). The van der Waals surface area contributed by atoms with E-state index in [1.54, 1.807) is 38.4 Å². The van der Waals surface area contributed by atoms with E-state index in [4.69, 9.17) is 4.42 Å². The predicted octanol–water partition coefficient (Wildman–Crippen LogP) is 2.01. The molecule has 5 heterocycles. The molecule has 0 aliphatic carbocycles. The summed E-state index contributed by atoms with van der Waals surface area (Å²) >= 11 is 1.31. The van der Waals surface area contributed by atoms with E-state index in [2.05, 4.69) is 20.2 Å². The van der Waals surface area contributed by atoms with E-state index < -0.39 is 0 Å². The number of aromatic nitrogens is 2. The maximum atomic E-state index is 12.8. The van der Waals surface area contributed by atoms with Crippen LogP contribution < -0.4 is 10.2 Å². The lowest BCUT2D eigenvalue weighted by Gasteiger charge is -2.35. The number of carbonyl (C=O) groups excluding carboxylic acids is 3. The van der Waals surface area contributed by atoms with Crippen LogP contribution in [0.4, 0.5) is 15.7 Å². The van der Waals surface area contributed by atoms with Gasteiger partial charge >= 0.3 is 6.03 Å². The molecule has 1 N–H and O–H groups in total. The first kappa shape index (κ1) is 23.8. The third kappa shape index (κ3) is 5.48. The molecule has 2 saturated heterocycles. The van der Waals surface area contributed by atoms with Gasteiger partial charge in [-0.25, -0.2) is 14.8 Å². The standard InChI is InChI=1S/C24H27N7O4S/c32-21(29-9-11-30(12-10-29)22(33)19-4-3-15-35-19)16-18-17-36-23(26-18)27-24(34)31-13-7-28(8-14-31)20-5-1-2-6-25-20/h1-6,15,17H,7-14,16H2,(H,26,27,34).